The van der Waals surface area contributed by atoms with Crippen molar-refractivity contribution in [3.63, 3.8) is 0 Å². The summed E-state index contributed by atoms with van der Waals surface area (Å²) in [5.74, 6) is -0.573. The van der Waals surface area contributed by atoms with Crippen LogP contribution in [-0.4, -0.2) is 15.0 Å². The van der Waals surface area contributed by atoms with E-state index in [4.69, 9.17) is 0 Å². The average Bonchev–Trinajstić information content (AvgIpc) is 2.89. The lowest BCUT2D eigenvalue weighted by atomic mass is 10.2. The Labute approximate surface area is 121 Å². The Bertz CT molecular complexity index is 670. The average molecular weight is 314 g/mol. The van der Waals surface area contributed by atoms with E-state index in [-0.39, 0.29) is 4.90 Å². The van der Waals surface area contributed by atoms with Gasteiger partial charge in [0.05, 0.1) is 10.6 Å². The molecule has 1 heterocycles. The van der Waals surface area contributed by atoms with Crippen molar-refractivity contribution in [3.8, 4) is 0 Å². The molecule has 0 saturated heterocycles. The first-order valence-corrected chi connectivity index (χ1v) is 8.49. The minimum absolute atomic E-state index is 0.0374. The maximum absolute atomic E-state index is 13.4. The molecule has 1 aromatic heterocycles. The molecule has 0 bridgehead atoms. The van der Waals surface area contributed by atoms with Gasteiger partial charge >= 0.3 is 0 Å². The van der Waals surface area contributed by atoms with E-state index in [2.05, 4.69) is 10.0 Å². The van der Waals surface area contributed by atoms with Gasteiger partial charge in [-0.05, 0) is 35.7 Å². The van der Waals surface area contributed by atoms with E-state index in [1.54, 1.807) is 16.8 Å². The fourth-order valence-corrected chi connectivity index (χ4v) is 3.68. The summed E-state index contributed by atoms with van der Waals surface area (Å²) in [5.41, 5.74) is 1.02. The predicted molar refractivity (Wildman–Crippen MR) is 78.9 cm³/mol. The van der Waals surface area contributed by atoms with Crippen LogP contribution in [0.25, 0.3) is 0 Å². The molecule has 108 valence electrons. The van der Waals surface area contributed by atoms with Gasteiger partial charge in [-0.2, -0.15) is 11.3 Å². The Morgan fingerprint density at radius 3 is 2.75 bits per heavy atom. The molecule has 7 heteroatoms. The van der Waals surface area contributed by atoms with E-state index in [1.807, 2.05) is 6.92 Å². The molecule has 4 nitrogen and oxygen atoms in total. The first-order valence-electron chi connectivity index (χ1n) is 6.07. The van der Waals surface area contributed by atoms with E-state index in [0.717, 1.165) is 6.07 Å². The Hall–Kier alpha value is -1.44. The summed E-state index contributed by atoms with van der Waals surface area (Å²) in [6.07, 6.45) is 0. The summed E-state index contributed by atoms with van der Waals surface area (Å²) in [6.45, 7) is 2.99. The smallest absolute Gasteiger partial charge is 0.262 e. The van der Waals surface area contributed by atoms with Crippen molar-refractivity contribution in [3.05, 3.63) is 46.4 Å². The molecule has 0 aliphatic rings. The van der Waals surface area contributed by atoms with Crippen LogP contribution in [0.4, 0.5) is 10.1 Å². The van der Waals surface area contributed by atoms with Gasteiger partial charge in [0, 0.05) is 11.9 Å². The number of sulfonamides is 1. The molecular formula is C13H15FN2O2S2. The van der Waals surface area contributed by atoms with Crippen LogP contribution in [0.2, 0.25) is 0 Å². The lowest BCUT2D eigenvalue weighted by Gasteiger charge is -2.12. The van der Waals surface area contributed by atoms with Gasteiger partial charge in [-0.25, -0.2) is 12.8 Å². The topological polar surface area (TPSA) is 58.2 Å². The molecular weight excluding hydrogens is 299 g/mol. The van der Waals surface area contributed by atoms with Crippen molar-refractivity contribution in [2.24, 2.45) is 0 Å². The normalized spacial score (nSPS) is 11.5. The van der Waals surface area contributed by atoms with E-state index in [9.17, 15) is 12.8 Å². The highest BCUT2D eigenvalue weighted by molar-refractivity contribution is 7.92. The predicted octanol–water partition coefficient (Wildman–Crippen LogP) is 2.80. The number of hydrogen-bond donors (Lipinski definition) is 2. The maximum atomic E-state index is 13.4. The molecule has 0 spiro atoms. The van der Waals surface area contributed by atoms with Gasteiger partial charge in [-0.15, -0.1) is 0 Å². The molecule has 0 atom stereocenters. The van der Waals surface area contributed by atoms with Gasteiger partial charge in [0.15, 0.2) is 0 Å². The van der Waals surface area contributed by atoms with Gasteiger partial charge in [0.1, 0.15) is 5.82 Å². The first kappa shape index (κ1) is 15.0. The summed E-state index contributed by atoms with van der Waals surface area (Å²) in [6, 6.07) is 5.45. The Balaban J connectivity index is 2.36. The zero-order valence-corrected chi connectivity index (χ0v) is 12.5. The Kier molecular flexibility index (Phi) is 4.74. The molecule has 1 aromatic carbocycles. The minimum atomic E-state index is -3.79. The lowest BCUT2D eigenvalue weighted by molar-refractivity contribution is 0.590. The molecule has 0 aliphatic heterocycles. The second-order valence-corrected chi connectivity index (χ2v) is 6.58. The number of benzene rings is 1. The van der Waals surface area contributed by atoms with Crippen LogP contribution in [0.1, 0.15) is 12.5 Å². The van der Waals surface area contributed by atoms with Crippen molar-refractivity contribution < 1.29 is 12.8 Å². The number of thiophene rings is 1. The molecule has 0 unspecified atom stereocenters. The van der Waals surface area contributed by atoms with Crippen molar-refractivity contribution in [2.45, 2.75) is 18.4 Å². The fraction of sp³-hybridized carbons (Fsp3) is 0.231. The number of nitrogens with one attached hydrogen (secondary N) is 2. The Morgan fingerprint density at radius 1 is 1.30 bits per heavy atom. The van der Waals surface area contributed by atoms with Gasteiger partial charge in [0.2, 0.25) is 0 Å². The molecule has 20 heavy (non-hydrogen) atoms. The number of anilines is 1. The zero-order valence-electron chi connectivity index (χ0n) is 10.9. The summed E-state index contributed by atoms with van der Waals surface area (Å²) in [5, 5.41) is 6.49. The maximum Gasteiger partial charge on any atom is 0.262 e. The van der Waals surface area contributed by atoms with Crippen LogP contribution in [-0.2, 0) is 16.6 Å². The first-order chi connectivity index (χ1) is 9.53. The molecule has 2 N–H and O–H groups in total. The monoisotopic (exact) mass is 314 g/mol. The SMILES string of the molecule is CCNCc1ccc(F)cc1S(=O)(=O)Nc1ccsc1. The fourth-order valence-electron chi connectivity index (χ4n) is 1.72. The van der Waals surface area contributed by atoms with Crippen molar-refractivity contribution in [1.29, 1.82) is 0 Å². The summed E-state index contributed by atoms with van der Waals surface area (Å²) in [7, 11) is -3.79. The van der Waals surface area contributed by atoms with E-state index in [0.29, 0.717) is 24.3 Å². The molecule has 0 amide bonds. The largest absolute Gasteiger partial charge is 0.313 e. The molecule has 0 radical (unpaired) electrons. The van der Waals surface area contributed by atoms with Gasteiger partial charge in [-0.3, -0.25) is 4.72 Å². The van der Waals surface area contributed by atoms with Gasteiger partial charge in [0.25, 0.3) is 10.0 Å². The molecule has 2 aromatic rings. The van der Waals surface area contributed by atoms with E-state index in [1.165, 1.54) is 23.5 Å². The van der Waals surface area contributed by atoms with Crippen molar-refractivity contribution in [2.75, 3.05) is 11.3 Å². The van der Waals surface area contributed by atoms with E-state index >= 15 is 0 Å². The minimum Gasteiger partial charge on any atom is -0.313 e. The number of rotatable bonds is 6. The second-order valence-electron chi connectivity index (χ2n) is 4.15. The summed E-state index contributed by atoms with van der Waals surface area (Å²) >= 11 is 1.38. The standard InChI is InChI=1S/C13H15FN2O2S2/c1-2-15-8-10-3-4-11(14)7-13(10)20(17,18)16-12-5-6-19-9-12/h3-7,9,15-16H,2,8H2,1H3. The Morgan fingerprint density at radius 2 is 2.10 bits per heavy atom. The summed E-state index contributed by atoms with van der Waals surface area (Å²) < 4.78 is 40.5. The summed E-state index contributed by atoms with van der Waals surface area (Å²) in [4.78, 5) is -0.0374. The third-order valence-electron chi connectivity index (χ3n) is 2.66. The lowest BCUT2D eigenvalue weighted by Crippen LogP contribution is -2.19. The van der Waals surface area contributed by atoms with Crippen molar-refractivity contribution in [1.82, 2.24) is 5.32 Å². The van der Waals surface area contributed by atoms with Gasteiger partial charge in [-0.1, -0.05) is 13.0 Å². The third kappa shape index (κ3) is 3.56. The van der Waals surface area contributed by atoms with Crippen LogP contribution in [0.5, 0.6) is 0 Å². The van der Waals surface area contributed by atoms with Gasteiger partial charge < -0.3 is 5.32 Å². The zero-order chi connectivity index (χ0) is 14.6. The van der Waals surface area contributed by atoms with Crippen LogP contribution in [0, 0.1) is 5.82 Å². The van der Waals surface area contributed by atoms with Crippen LogP contribution in [0.3, 0.4) is 0 Å². The number of halogens is 1. The van der Waals surface area contributed by atoms with E-state index < -0.39 is 15.8 Å². The highest BCUT2D eigenvalue weighted by Gasteiger charge is 2.19. The highest BCUT2D eigenvalue weighted by atomic mass is 32.2. The quantitative estimate of drug-likeness (QED) is 0.862. The van der Waals surface area contributed by atoms with Crippen molar-refractivity contribution >= 4 is 27.0 Å². The molecule has 0 saturated carbocycles. The molecule has 0 fully saturated rings. The highest BCUT2D eigenvalue weighted by Crippen LogP contribution is 2.22. The number of hydrogen-bond acceptors (Lipinski definition) is 4. The third-order valence-corrected chi connectivity index (χ3v) is 4.80. The second kappa shape index (κ2) is 6.34. The molecule has 2 rings (SSSR count). The van der Waals surface area contributed by atoms with Crippen LogP contribution in [0.15, 0.2) is 39.9 Å². The van der Waals surface area contributed by atoms with Crippen LogP contribution < -0.4 is 10.0 Å². The van der Waals surface area contributed by atoms with Crippen LogP contribution >= 0.6 is 11.3 Å². The molecule has 0 aliphatic carbocycles.